The molecule has 3 N–H and O–H groups in total. The van der Waals surface area contributed by atoms with Crippen LogP contribution in [0.3, 0.4) is 0 Å². The Morgan fingerprint density at radius 3 is 2.28 bits per heavy atom. The average molecular weight is 416 g/mol. The van der Waals surface area contributed by atoms with Gasteiger partial charge < -0.3 is 15.7 Å². The van der Waals surface area contributed by atoms with E-state index >= 15 is 0 Å². The summed E-state index contributed by atoms with van der Waals surface area (Å²) < 4.78 is 13.8. The zero-order valence-electron chi connectivity index (χ0n) is 15.6. The van der Waals surface area contributed by atoms with Crippen molar-refractivity contribution < 1.29 is 23.9 Å². The average Bonchev–Trinajstić information content (AvgIpc) is 3.18. The number of hydrogen-bond acceptors (Lipinski definition) is 4. The van der Waals surface area contributed by atoms with Crippen molar-refractivity contribution in [2.75, 3.05) is 10.6 Å². The number of anilines is 2. The van der Waals surface area contributed by atoms with E-state index in [2.05, 4.69) is 10.6 Å². The second-order valence-electron chi connectivity index (χ2n) is 7.65. The normalized spacial score (nSPS) is 25.4. The predicted octanol–water partition coefficient (Wildman–Crippen LogP) is 4.22. The Bertz CT molecular complexity index is 952. The molecule has 5 rings (SSSR count). The Morgan fingerprint density at radius 1 is 0.966 bits per heavy atom. The minimum Gasteiger partial charge on any atom is -0.481 e. The number of rotatable bonds is 5. The summed E-state index contributed by atoms with van der Waals surface area (Å²) in [6.45, 7) is 0. The highest BCUT2D eigenvalue weighted by atomic mass is 32.1. The molecule has 1 heterocycles. The van der Waals surface area contributed by atoms with Gasteiger partial charge in [0.2, 0.25) is 5.91 Å². The lowest BCUT2D eigenvalue weighted by Crippen LogP contribution is -2.49. The molecule has 0 unspecified atom stereocenters. The van der Waals surface area contributed by atoms with E-state index in [1.807, 2.05) is 0 Å². The molecule has 0 aliphatic heterocycles. The molecular formula is C21H21FN2O4S. The standard InChI is InChI=1S/C21H21FN2O4S/c22-14-3-1-2-4-15(14)23-18(25)13-9-10-29-20(13)24-19(26)16-11-5-7-12(8-6-11)17(16)21(27)28/h1-4,9-12,16-17H,5-8H2,(H,23,25)(H,24,26)(H,27,28)/t11?,12?,16-,17+/m1/s1. The van der Waals surface area contributed by atoms with Gasteiger partial charge in [-0.15, -0.1) is 11.3 Å². The molecule has 2 aromatic rings. The fraction of sp³-hybridized carbons (Fsp3) is 0.381. The second kappa shape index (κ2) is 7.94. The minimum absolute atomic E-state index is 0.0282. The van der Waals surface area contributed by atoms with Crippen LogP contribution < -0.4 is 10.6 Å². The number of aliphatic carboxylic acids is 1. The molecule has 3 aliphatic carbocycles. The van der Waals surface area contributed by atoms with Gasteiger partial charge in [0, 0.05) is 0 Å². The first-order chi connectivity index (χ1) is 14.0. The van der Waals surface area contributed by atoms with Crippen molar-refractivity contribution in [1.29, 1.82) is 0 Å². The Morgan fingerprint density at radius 2 is 1.62 bits per heavy atom. The molecule has 8 heteroatoms. The number of amides is 2. The highest BCUT2D eigenvalue weighted by Gasteiger charge is 2.50. The van der Waals surface area contributed by atoms with Crippen LogP contribution in [0.2, 0.25) is 0 Å². The van der Waals surface area contributed by atoms with Crippen LogP contribution in [-0.4, -0.2) is 22.9 Å². The fourth-order valence-electron chi connectivity index (χ4n) is 4.71. The summed E-state index contributed by atoms with van der Waals surface area (Å²) in [4.78, 5) is 37.4. The molecule has 2 amide bonds. The van der Waals surface area contributed by atoms with E-state index in [9.17, 15) is 23.9 Å². The molecular weight excluding hydrogens is 395 g/mol. The number of thiophene rings is 1. The fourth-order valence-corrected chi connectivity index (χ4v) is 5.50. The lowest BCUT2D eigenvalue weighted by molar-refractivity contribution is -0.156. The maximum atomic E-state index is 13.8. The third-order valence-electron chi connectivity index (χ3n) is 6.08. The van der Waals surface area contributed by atoms with E-state index in [0.29, 0.717) is 5.00 Å². The number of carbonyl (C=O) groups is 3. The lowest BCUT2D eigenvalue weighted by Gasteiger charge is -2.45. The number of carbonyl (C=O) groups excluding carboxylic acids is 2. The molecule has 3 saturated carbocycles. The van der Waals surface area contributed by atoms with Gasteiger partial charge in [-0.1, -0.05) is 12.1 Å². The van der Waals surface area contributed by atoms with Crippen LogP contribution in [-0.2, 0) is 9.59 Å². The van der Waals surface area contributed by atoms with Crippen LogP contribution in [0.15, 0.2) is 35.7 Å². The molecule has 1 aromatic heterocycles. The molecule has 3 aliphatic rings. The van der Waals surface area contributed by atoms with Crippen LogP contribution in [0, 0.1) is 29.5 Å². The summed E-state index contributed by atoms with van der Waals surface area (Å²) in [6, 6.07) is 7.39. The second-order valence-corrected chi connectivity index (χ2v) is 8.57. The van der Waals surface area contributed by atoms with Crippen molar-refractivity contribution >= 4 is 39.8 Å². The monoisotopic (exact) mass is 416 g/mol. The van der Waals surface area contributed by atoms with Crippen LogP contribution in [0.25, 0.3) is 0 Å². The number of carboxylic acid groups (broad SMARTS) is 1. The van der Waals surface area contributed by atoms with Crippen molar-refractivity contribution in [3.63, 3.8) is 0 Å². The van der Waals surface area contributed by atoms with Crippen LogP contribution in [0.1, 0.15) is 36.0 Å². The largest absolute Gasteiger partial charge is 0.481 e. The first kappa shape index (κ1) is 19.6. The number of hydrogen-bond donors (Lipinski definition) is 3. The van der Waals surface area contributed by atoms with Gasteiger partial charge in [-0.25, -0.2) is 4.39 Å². The zero-order valence-corrected chi connectivity index (χ0v) is 16.4. The van der Waals surface area contributed by atoms with Gasteiger partial charge in [0.1, 0.15) is 10.8 Å². The summed E-state index contributed by atoms with van der Waals surface area (Å²) in [6.07, 6.45) is 3.41. The Labute approximate surface area is 171 Å². The van der Waals surface area contributed by atoms with Gasteiger partial charge in [0.25, 0.3) is 5.91 Å². The SMILES string of the molecule is O=C(Nc1ccccc1F)c1ccsc1NC(=O)[C@@H]1C2CCC(CC2)[C@@H]1C(=O)O. The van der Waals surface area contributed by atoms with Crippen molar-refractivity contribution in [1.82, 2.24) is 0 Å². The Kier molecular flexibility index (Phi) is 5.36. The molecule has 6 nitrogen and oxygen atoms in total. The maximum absolute atomic E-state index is 13.8. The van der Waals surface area contributed by atoms with Crippen molar-refractivity contribution in [3.05, 3.63) is 47.1 Å². The van der Waals surface area contributed by atoms with E-state index in [1.54, 1.807) is 17.5 Å². The summed E-state index contributed by atoms with van der Waals surface area (Å²) >= 11 is 1.18. The number of fused-ring (bicyclic) bond motifs is 3. The third kappa shape index (κ3) is 3.76. The first-order valence-corrected chi connectivity index (χ1v) is 10.5. The van der Waals surface area contributed by atoms with E-state index < -0.39 is 29.5 Å². The third-order valence-corrected chi connectivity index (χ3v) is 6.91. The van der Waals surface area contributed by atoms with E-state index in [-0.39, 0.29) is 29.0 Å². The van der Waals surface area contributed by atoms with Gasteiger partial charge >= 0.3 is 5.97 Å². The van der Waals surface area contributed by atoms with E-state index in [4.69, 9.17) is 0 Å². The number of benzene rings is 1. The summed E-state index contributed by atoms with van der Waals surface area (Å²) in [5.74, 6) is -3.56. The highest BCUT2D eigenvalue weighted by molar-refractivity contribution is 7.14. The van der Waals surface area contributed by atoms with Crippen molar-refractivity contribution in [2.24, 2.45) is 23.7 Å². The molecule has 3 fully saturated rings. The molecule has 0 radical (unpaired) electrons. The quantitative estimate of drug-likeness (QED) is 0.680. The van der Waals surface area contributed by atoms with Gasteiger partial charge in [0.05, 0.1) is 23.1 Å². The number of carboxylic acids is 1. The Hall–Kier alpha value is -2.74. The van der Waals surface area contributed by atoms with Crippen LogP contribution in [0.5, 0.6) is 0 Å². The van der Waals surface area contributed by atoms with Gasteiger partial charge in [-0.05, 0) is 61.1 Å². The predicted molar refractivity (Wildman–Crippen MR) is 107 cm³/mol. The smallest absolute Gasteiger partial charge is 0.307 e. The summed E-state index contributed by atoms with van der Waals surface area (Å²) in [5.41, 5.74) is 0.274. The molecule has 29 heavy (non-hydrogen) atoms. The summed E-state index contributed by atoms with van der Waals surface area (Å²) in [5, 5.41) is 16.9. The topological polar surface area (TPSA) is 95.5 Å². The van der Waals surface area contributed by atoms with Crippen molar-refractivity contribution in [2.45, 2.75) is 25.7 Å². The Balaban J connectivity index is 1.51. The molecule has 0 saturated heterocycles. The van der Waals surface area contributed by atoms with Gasteiger partial charge in [-0.3, -0.25) is 14.4 Å². The number of halogens is 1. The summed E-state index contributed by atoms with van der Waals surface area (Å²) in [7, 11) is 0. The minimum atomic E-state index is -0.928. The molecule has 152 valence electrons. The molecule has 2 bridgehead atoms. The van der Waals surface area contributed by atoms with Gasteiger partial charge in [-0.2, -0.15) is 0 Å². The van der Waals surface area contributed by atoms with Crippen molar-refractivity contribution in [3.8, 4) is 0 Å². The van der Waals surface area contributed by atoms with E-state index in [1.165, 1.54) is 29.5 Å². The van der Waals surface area contributed by atoms with Crippen LogP contribution in [0.4, 0.5) is 15.1 Å². The number of nitrogens with one attached hydrogen (secondary N) is 2. The molecule has 1 aromatic carbocycles. The van der Waals surface area contributed by atoms with E-state index in [0.717, 1.165) is 25.7 Å². The molecule has 2 atom stereocenters. The van der Waals surface area contributed by atoms with Crippen LogP contribution >= 0.6 is 11.3 Å². The first-order valence-electron chi connectivity index (χ1n) is 9.62. The highest BCUT2D eigenvalue weighted by Crippen LogP contribution is 2.49. The van der Waals surface area contributed by atoms with Gasteiger partial charge in [0.15, 0.2) is 0 Å². The zero-order chi connectivity index (χ0) is 20.5. The number of para-hydroxylation sites is 1. The lowest BCUT2D eigenvalue weighted by atomic mass is 9.58. The maximum Gasteiger partial charge on any atom is 0.307 e. The molecule has 0 spiro atoms.